The molecule has 2 fully saturated rings. The number of aryl methyl sites for hydroxylation is 1. The van der Waals surface area contributed by atoms with E-state index >= 15 is 0 Å². The summed E-state index contributed by atoms with van der Waals surface area (Å²) in [6.45, 7) is 8.77. The van der Waals surface area contributed by atoms with Crippen LogP contribution in [0.1, 0.15) is 44.7 Å². The highest BCUT2D eigenvalue weighted by atomic mass is 35.5. The Bertz CT molecular complexity index is 1770. The Morgan fingerprint density at radius 3 is 2.52 bits per heavy atom. The van der Waals surface area contributed by atoms with Gasteiger partial charge in [0, 0.05) is 57.8 Å². The first-order chi connectivity index (χ1) is 23.6. The molecule has 0 bridgehead atoms. The fraction of sp³-hybridized carbons (Fsp3) is 0.457. The van der Waals surface area contributed by atoms with Crippen LogP contribution in [0.15, 0.2) is 48.7 Å². The lowest BCUT2D eigenvalue weighted by molar-refractivity contribution is -0.133. The molecule has 268 valence electrons. The molecule has 2 aliphatic rings. The molecule has 2 saturated heterocycles. The molecule has 5 rings (SSSR count). The standard InChI is InChI=1S/C35H42ClFN6O6S/c1-22-9-10-23-19-38-28(18-25(23)17-22)40-32(46)48-21-27-35(50-27,41(5)31(45)39-20-24-7-6-8-26(37)30(24)36)12-11-29(44)42-13-15-43(16-14-42)33(47)49-34(2,3)4/h6-10,17-19,27H,11-16,20-21H2,1-5H3,(H,39,45)(H,38,40,46)/t27?,35-/m0/s1. The molecule has 0 radical (unpaired) electrons. The molecule has 3 aromatic rings. The molecule has 2 aromatic carbocycles. The van der Waals surface area contributed by atoms with Crippen LogP contribution in [0.4, 0.5) is 24.6 Å². The average molecular weight is 729 g/mol. The number of thioether (sulfide) groups is 1. The van der Waals surface area contributed by atoms with E-state index in [-0.39, 0.29) is 42.2 Å². The summed E-state index contributed by atoms with van der Waals surface area (Å²) in [5.41, 5.74) is 0.879. The van der Waals surface area contributed by atoms with Crippen molar-refractivity contribution in [2.75, 3.05) is 45.2 Å². The lowest BCUT2D eigenvalue weighted by atomic mass is 10.1. The van der Waals surface area contributed by atoms with E-state index in [0.29, 0.717) is 37.6 Å². The van der Waals surface area contributed by atoms with E-state index in [0.717, 1.165) is 16.3 Å². The van der Waals surface area contributed by atoms with Gasteiger partial charge in [0.05, 0.1) is 10.3 Å². The topological polar surface area (TPSA) is 133 Å². The maximum Gasteiger partial charge on any atom is 0.412 e. The van der Waals surface area contributed by atoms with Crippen LogP contribution >= 0.6 is 23.4 Å². The first-order valence-corrected chi connectivity index (χ1v) is 17.6. The fourth-order valence-corrected chi connectivity index (χ4v) is 7.29. The quantitative estimate of drug-likeness (QED) is 0.242. The van der Waals surface area contributed by atoms with Crippen molar-refractivity contribution in [2.45, 2.75) is 62.8 Å². The van der Waals surface area contributed by atoms with Gasteiger partial charge in [0.1, 0.15) is 28.7 Å². The smallest absolute Gasteiger partial charge is 0.412 e. The van der Waals surface area contributed by atoms with Crippen molar-refractivity contribution >= 4 is 64.1 Å². The molecule has 2 atom stereocenters. The van der Waals surface area contributed by atoms with Crippen molar-refractivity contribution in [2.24, 2.45) is 0 Å². The second kappa shape index (κ2) is 15.3. The maximum atomic E-state index is 14.0. The van der Waals surface area contributed by atoms with E-state index in [1.807, 2.05) is 25.1 Å². The highest BCUT2D eigenvalue weighted by Gasteiger charge is 2.60. The van der Waals surface area contributed by atoms with Crippen LogP contribution in [-0.2, 0) is 20.8 Å². The highest BCUT2D eigenvalue weighted by molar-refractivity contribution is 8.08. The molecule has 2 aliphatic heterocycles. The van der Waals surface area contributed by atoms with Gasteiger partial charge in [0.15, 0.2) is 0 Å². The van der Waals surface area contributed by atoms with Gasteiger partial charge < -0.3 is 29.5 Å². The molecule has 0 aliphatic carbocycles. The number of aromatic nitrogens is 1. The van der Waals surface area contributed by atoms with Crippen molar-refractivity contribution in [3.63, 3.8) is 0 Å². The van der Waals surface area contributed by atoms with E-state index in [9.17, 15) is 23.6 Å². The number of amides is 5. The van der Waals surface area contributed by atoms with Crippen LogP contribution in [0.3, 0.4) is 0 Å². The van der Waals surface area contributed by atoms with Crippen LogP contribution in [0, 0.1) is 12.7 Å². The Morgan fingerprint density at radius 1 is 1.08 bits per heavy atom. The van der Waals surface area contributed by atoms with Gasteiger partial charge in [-0.3, -0.25) is 10.1 Å². The number of halogens is 2. The minimum Gasteiger partial charge on any atom is -0.448 e. The summed E-state index contributed by atoms with van der Waals surface area (Å²) in [6, 6.07) is 11.6. The van der Waals surface area contributed by atoms with E-state index in [1.54, 1.807) is 55.9 Å². The largest absolute Gasteiger partial charge is 0.448 e. The molecule has 2 N–H and O–H groups in total. The third kappa shape index (κ3) is 9.08. The summed E-state index contributed by atoms with van der Waals surface area (Å²) >= 11 is 7.50. The van der Waals surface area contributed by atoms with Crippen LogP contribution in [0.5, 0.6) is 0 Å². The van der Waals surface area contributed by atoms with Gasteiger partial charge in [0.25, 0.3) is 0 Å². The van der Waals surface area contributed by atoms with Gasteiger partial charge >= 0.3 is 18.2 Å². The first kappa shape index (κ1) is 37.0. The number of anilines is 1. The summed E-state index contributed by atoms with van der Waals surface area (Å²) < 4.78 is 25.0. The fourth-order valence-electron chi connectivity index (χ4n) is 5.74. The summed E-state index contributed by atoms with van der Waals surface area (Å²) in [4.78, 5) is 60.2. The van der Waals surface area contributed by atoms with E-state index < -0.39 is 34.5 Å². The Hall–Kier alpha value is -4.30. The number of benzene rings is 2. The molecular weight excluding hydrogens is 687 g/mol. The van der Waals surface area contributed by atoms with Gasteiger partial charge in [-0.1, -0.05) is 47.5 Å². The number of nitrogens with one attached hydrogen (secondary N) is 2. The Balaban J connectivity index is 1.20. The van der Waals surface area contributed by atoms with Crippen LogP contribution < -0.4 is 10.6 Å². The number of pyridine rings is 1. The lowest BCUT2D eigenvalue weighted by Gasteiger charge is -2.36. The monoisotopic (exact) mass is 728 g/mol. The number of rotatable bonds is 9. The summed E-state index contributed by atoms with van der Waals surface area (Å²) in [5.74, 6) is -0.361. The van der Waals surface area contributed by atoms with Gasteiger partial charge in [-0.2, -0.15) is 0 Å². The lowest BCUT2D eigenvalue weighted by Crippen LogP contribution is -2.52. The Labute approximate surface area is 300 Å². The number of piperazine rings is 1. The van der Waals surface area contributed by atoms with Crippen molar-refractivity contribution in [1.29, 1.82) is 0 Å². The number of carbonyl (C=O) groups is 4. The van der Waals surface area contributed by atoms with Gasteiger partial charge in [-0.15, -0.1) is 11.8 Å². The molecule has 15 heteroatoms. The molecule has 50 heavy (non-hydrogen) atoms. The third-order valence-electron chi connectivity index (χ3n) is 8.58. The van der Waals surface area contributed by atoms with Gasteiger partial charge in [-0.25, -0.2) is 23.8 Å². The zero-order valence-electron chi connectivity index (χ0n) is 28.8. The summed E-state index contributed by atoms with van der Waals surface area (Å²) in [5, 5.41) is 6.91. The minimum atomic E-state index is -0.858. The number of nitrogens with zero attached hydrogens (tertiary/aromatic N) is 4. The number of fused-ring (bicyclic) bond motifs is 1. The van der Waals surface area contributed by atoms with Gasteiger partial charge in [-0.05, 0) is 57.2 Å². The molecule has 0 spiro atoms. The van der Waals surface area contributed by atoms with E-state index in [2.05, 4.69) is 15.6 Å². The number of hydrogen-bond donors (Lipinski definition) is 2. The second-order valence-electron chi connectivity index (χ2n) is 13.4. The van der Waals surface area contributed by atoms with Crippen LogP contribution in [0.2, 0.25) is 5.02 Å². The maximum absolute atomic E-state index is 14.0. The average Bonchev–Trinajstić information content (AvgIpc) is 3.79. The van der Waals surface area contributed by atoms with Crippen molar-refractivity contribution < 1.29 is 33.0 Å². The minimum absolute atomic E-state index is 0.0107. The summed E-state index contributed by atoms with van der Waals surface area (Å²) in [6.07, 6.45) is 0.969. The van der Waals surface area contributed by atoms with E-state index in [4.69, 9.17) is 21.1 Å². The zero-order valence-corrected chi connectivity index (χ0v) is 30.3. The normalized spacial score (nSPS) is 18.7. The van der Waals surface area contributed by atoms with Crippen molar-refractivity contribution in [3.8, 4) is 0 Å². The third-order valence-corrected chi connectivity index (χ3v) is 10.7. The first-order valence-electron chi connectivity index (χ1n) is 16.3. The summed E-state index contributed by atoms with van der Waals surface area (Å²) in [7, 11) is 1.61. The molecule has 12 nitrogen and oxygen atoms in total. The molecule has 1 aromatic heterocycles. The van der Waals surface area contributed by atoms with Crippen LogP contribution in [0.25, 0.3) is 10.8 Å². The molecule has 1 unspecified atom stereocenters. The number of hydrogen-bond acceptors (Lipinski definition) is 8. The SMILES string of the molecule is Cc1ccc2cnc(NC(=O)OCC3S[C@]3(CCC(=O)N3CCN(C(=O)OC(C)(C)C)CC3)N(C)C(=O)NCc3cccc(F)c3Cl)cc2c1. The molecule has 5 amide bonds. The van der Waals surface area contributed by atoms with Crippen molar-refractivity contribution in [1.82, 2.24) is 25.0 Å². The molecular formula is C35H42ClFN6O6S. The molecule has 3 heterocycles. The number of urea groups is 1. The van der Waals surface area contributed by atoms with Gasteiger partial charge in [0.2, 0.25) is 5.91 Å². The predicted octanol–water partition coefficient (Wildman–Crippen LogP) is 6.40. The van der Waals surface area contributed by atoms with E-state index in [1.165, 1.54) is 28.8 Å². The zero-order chi connectivity index (χ0) is 36.2. The number of ether oxygens (including phenoxy) is 2. The second-order valence-corrected chi connectivity index (χ2v) is 15.3. The Kier molecular flexibility index (Phi) is 11.3. The van der Waals surface area contributed by atoms with Crippen molar-refractivity contribution in [3.05, 3.63) is 70.6 Å². The highest BCUT2D eigenvalue weighted by Crippen LogP contribution is 2.58. The predicted molar refractivity (Wildman–Crippen MR) is 191 cm³/mol. The Morgan fingerprint density at radius 2 is 1.80 bits per heavy atom. The number of carbonyl (C=O) groups excluding carboxylic acids is 4. The molecule has 0 saturated carbocycles. The van der Waals surface area contributed by atoms with Crippen LogP contribution in [-0.4, -0.2) is 99.4 Å².